The van der Waals surface area contributed by atoms with Crippen molar-refractivity contribution in [2.75, 3.05) is 20.6 Å². The van der Waals surface area contributed by atoms with Crippen molar-refractivity contribution in [2.24, 2.45) is 0 Å². The van der Waals surface area contributed by atoms with Crippen LogP contribution in [0.3, 0.4) is 0 Å². The average Bonchev–Trinajstić information content (AvgIpc) is 2.51. The molecule has 1 amide bonds. The van der Waals surface area contributed by atoms with Crippen molar-refractivity contribution in [3.8, 4) is 0 Å². The van der Waals surface area contributed by atoms with Crippen molar-refractivity contribution in [3.63, 3.8) is 0 Å². The molecule has 0 bridgehead atoms. The van der Waals surface area contributed by atoms with Gasteiger partial charge in [-0.15, -0.1) is 0 Å². The monoisotopic (exact) mass is 197 g/mol. The van der Waals surface area contributed by atoms with E-state index in [0.717, 1.165) is 11.5 Å². The van der Waals surface area contributed by atoms with Gasteiger partial charge in [-0.25, -0.2) is 0 Å². The summed E-state index contributed by atoms with van der Waals surface area (Å²) in [6.45, 7) is 2.70. The molecule has 14 heavy (non-hydrogen) atoms. The Morgan fingerprint density at radius 2 is 2.36 bits per heavy atom. The molecule has 0 atom stereocenters. The Morgan fingerprint density at radius 1 is 1.64 bits per heavy atom. The van der Waals surface area contributed by atoms with Crippen LogP contribution in [0.4, 0.5) is 0 Å². The van der Waals surface area contributed by atoms with Gasteiger partial charge < -0.3 is 14.7 Å². The zero-order valence-corrected chi connectivity index (χ0v) is 8.70. The molecule has 0 aliphatic rings. The van der Waals surface area contributed by atoms with Gasteiger partial charge in [0, 0.05) is 20.2 Å². The van der Waals surface area contributed by atoms with E-state index < -0.39 is 0 Å². The molecule has 0 fully saturated rings. The number of likely N-dealkylation sites (N-methyl/N-ethyl adjacent to an activating group) is 1. The molecule has 1 rings (SSSR count). The minimum Gasteiger partial charge on any atom is -0.360 e. The second kappa shape index (κ2) is 4.76. The second-order valence-electron chi connectivity index (χ2n) is 3.33. The second-order valence-corrected chi connectivity index (χ2v) is 3.33. The predicted octanol–water partition coefficient (Wildman–Crippen LogP) is 0.161. The molecule has 5 nitrogen and oxygen atoms in total. The van der Waals surface area contributed by atoms with Crippen LogP contribution in [0.2, 0.25) is 0 Å². The maximum atomic E-state index is 11.2. The first-order valence-electron chi connectivity index (χ1n) is 4.42. The summed E-state index contributed by atoms with van der Waals surface area (Å²) in [6, 6.07) is 1.84. The number of aromatic nitrogens is 1. The summed E-state index contributed by atoms with van der Waals surface area (Å²) in [4.78, 5) is 12.7. The Morgan fingerprint density at radius 3 is 2.86 bits per heavy atom. The van der Waals surface area contributed by atoms with Crippen LogP contribution in [-0.4, -0.2) is 36.6 Å². The van der Waals surface area contributed by atoms with Gasteiger partial charge in [0.2, 0.25) is 5.91 Å². The third-order valence-electron chi connectivity index (χ3n) is 1.75. The molecule has 0 spiro atoms. The van der Waals surface area contributed by atoms with Gasteiger partial charge in [-0.1, -0.05) is 5.16 Å². The highest BCUT2D eigenvalue weighted by molar-refractivity contribution is 5.77. The molecular formula is C9H15N3O2. The van der Waals surface area contributed by atoms with E-state index in [-0.39, 0.29) is 5.91 Å². The number of rotatable bonds is 4. The van der Waals surface area contributed by atoms with Gasteiger partial charge in [0.05, 0.1) is 18.8 Å². The number of aryl methyl sites for hydroxylation is 1. The maximum Gasteiger partial charge on any atom is 0.236 e. The van der Waals surface area contributed by atoms with Crippen molar-refractivity contribution >= 4 is 5.91 Å². The standard InChI is InChI=1S/C9H15N3O2/c1-7-4-8(14-11-7)5-10-6-9(13)12(2)3/h4,10H,5-6H2,1-3H3. The van der Waals surface area contributed by atoms with Crippen molar-refractivity contribution in [2.45, 2.75) is 13.5 Å². The van der Waals surface area contributed by atoms with E-state index in [2.05, 4.69) is 10.5 Å². The quantitative estimate of drug-likeness (QED) is 0.747. The lowest BCUT2D eigenvalue weighted by Crippen LogP contribution is -2.32. The van der Waals surface area contributed by atoms with Crippen molar-refractivity contribution in [1.82, 2.24) is 15.4 Å². The van der Waals surface area contributed by atoms with Crippen LogP contribution < -0.4 is 5.32 Å². The van der Waals surface area contributed by atoms with Gasteiger partial charge in [-0.3, -0.25) is 4.79 Å². The molecule has 5 heteroatoms. The summed E-state index contributed by atoms with van der Waals surface area (Å²) >= 11 is 0. The number of carbonyl (C=O) groups is 1. The van der Waals surface area contributed by atoms with E-state index >= 15 is 0 Å². The Bertz CT molecular complexity index is 307. The molecule has 0 saturated heterocycles. The molecule has 1 aromatic heterocycles. The number of amides is 1. The first kappa shape index (κ1) is 10.7. The van der Waals surface area contributed by atoms with Gasteiger partial charge in [0.15, 0.2) is 5.76 Å². The lowest BCUT2D eigenvalue weighted by molar-refractivity contribution is -0.127. The fourth-order valence-electron chi connectivity index (χ4n) is 0.950. The first-order chi connectivity index (χ1) is 6.59. The Labute approximate surface area is 83.1 Å². The Balaban J connectivity index is 2.25. The maximum absolute atomic E-state index is 11.2. The Kier molecular flexibility index (Phi) is 3.64. The molecule has 0 radical (unpaired) electrons. The molecule has 0 aliphatic carbocycles. The minimum absolute atomic E-state index is 0.0428. The molecule has 0 aliphatic heterocycles. The highest BCUT2D eigenvalue weighted by Gasteiger charge is 2.04. The number of hydrogen-bond donors (Lipinski definition) is 1. The van der Waals surface area contributed by atoms with Crippen LogP contribution >= 0.6 is 0 Å². The number of nitrogens with one attached hydrogen (secondary N) is 1. The summed E-state index contributed by atoms with van der Waals surface area (Å²) in [5.74, 6) is 0.787. The summed E-state index contributed by atoms with van der Waals surface area (Å²) < 4.78 is 4.97. The van der Waals surface area contributed by atoms with E-state index in [0.29, 0.717) is 13.1 Å². The number of nitrogens with zero attached hydrogens (tertiary/aromatic N) is 2. The van der Waals surface area contributed by atoms with Crippen LogP contribution in [0.5, 0.6) is 0 Å². The fourth-order valence-corrected chi connectivity index (χ4v) is 0.950. The average molecular weight is 197 g/mol. The zero-order chi connectivity index (χ0) is 10.6. The number of carbonyl (C=O) groups excluding carboxylic acids is 1. The third kappa shape index (κ3) is 3.18. The van der Waals surface area contributed by atoms with Gasteiger partial charge in [-0.05, 0) is 6.92 Å². The zero-order valence-electron chi connectivity index (χ0n) is 8.70. The van der Waals surface area contributed by atoms with E-state index in [9.17, 15) is 4.79 Å². The highest BCUT2D eigenvalue weighted by atomic mass is 16.5. The van der Waals surface area contributed by atoms with Crippen LogP contribution in [0.1, 0.15) is 11.5 Å². The van der Waals surface area contributed by atoms with Crippen molar-refractivity contribution < 1.29 is 9.32 Å². The van der Waals surface area contributed by atoms with E-state index in [1.807, 2.05) is 13.0 Å². The lowest BCUT2D eigenvalue weighted by Gasteiger charge is -2.09. The highest BCUT2D eigenvalue weighted by Crippen LogP contribution is 2.00. The van der Waals surface area contributed by atoms with Crippen LogP contribution in [0.25, 0.3) is 0 Å². The smallest absolute Gasteiger partial charge is 0.236 e. The first-order valence-corrected chi connectivity index (χ1v) is 4.42. The van der Waals surface area contributed by atoms with Crippen LogP contribution in [-0.2, 0) is 11.3 Å². The summed E-state index contributed by atoms with van der Waals surface area (Å²) in [7, 11) is 3.45. The van der Waals surface area contributed by atoms with Gasteiger partial charge in [-0.2, -0.15) is 0 Å². The molecular weight excluding hydrogens is 182 g/mol. The van der Waals surface area contributed by atoms with Gasteiger partial charge in [0.1, 0.15) is 0 Å². The van der Waals surface area contributed by atoms with Crippen molar-refractivity contribution in [1.29, 1.82) is 0 Å². The van der Waals surface area contributed by atoms with Crippen LogP contribution in [0, 0.1) is 6.92 Å². The molecule has 0 saturated carbocycles. The predicted molar refractivity (Wildman–Crippen MR) is 51.6 cm³/mol. The topological polar surface area (TPSA) is 58.4 Å². The van der Waals surface area contributed by atoms with Crippen LogP contribution in [0.15, 0.2) is 10.6 Å². The summed E-state index contributed by atoms with van der Waals surface area (Å²) in [5, 5.41) is 6.71. The Hall–Kier alpha value is -1.36. The van der Waals surface area contributed by atoms with E-state index in [4.69, 9.17) is 4.52 Å². The van der Waals surface area contributed by atoms with Crippen molar-refractivity contribution in [3.05, 3.63) is 17.5 Å². The van der Waals surface area contributed by atoms with Gasteiger partial charge >= 0.3 is 0 Å². The summed E-state index contributed by atoms with van der Waals surface area (Å²) in [5.41, 5.74) is 0.848. The minimum atomic E-state index is 0.0428. The van der Waals surface area contributed by atoms with Gasteiger partial charge in [0.25, 0.3) is 0 Å². The molecule has 0 unspecified atom stereocenters. The number of hydrogen-bond acceptors (Lipinski definition) is 4. The fraction of sp³-hybridized carbons (Fsp3) is 0.556. The molecule has 1 N–H and O–H groups in total. The SMILES string of the molecule is Cc1cc(CNCC(=O)N(C)C)on1. The molecule has 78 valence electrons. The third-order valence-corrected chi connectivity index (χ3v) is 1.75. The largest absolute Gasteiger partial charge is 0.360 e. The molecule has 1 heterocycles. The molecule has 0 aromatic carbocycles. The molecule has 1 aromatic rings. The normalized spacial score (nSPS) is 10.2. The summed E-state index contributed by atoms with van der Waals surface area (Å²) in [6.07, 6.45) is 0. The van der Waals surface area contributed by atoms with E-state index in [1.54, 1.807) is 19.0 Å². The lowest BCUT2D eigenvalue weighted by atomic mass is 10.4. The van der Waals surface area contributed by atoms with E-state index in [1.165, 1.54) is 0 Å².